The van der Waals surface area contributed by atoms with Crippen LogP contribution < -0.4 is 12.4 Å². The SMILES string of the molecule is [CH2-]c1ccccc1Cl.[Cl-].[Mg+2]. The van der Waals surface area contributed by atoms with Crippen molar-refractivity contribution < 1.29 is 12.4 Å². The van der Waals surface area contributed by atoms with Crippen molar-refractivity contribution in [1.82, 2.24) is 0 Å². The van der Waals surface area contributed by atoms with E-state index >= 15 is 0 Å². The van der Waals surface area contributed by atoms with Crippen molar-refractivity contribution in [2.75, 3.05) is 0 Å². The van der Waals surface area contributed by atoms with Gasteiger partial charge in [0.1, 0.15) is 0 Å². The number of halogens is 2. The minimum atomic E-state index is 0. The quantitative estimate of drug-likeness (QED) is 0.365. The number of benzene rings is 1. The summed E-state index contributed by atoms with van der Waals surface area (Å²) in [5, 5.41) is 0.729. The van der Waals surface area contributed by atoms with Crippen LogP contribution in [0.4, 0.5) is 0 Å². The van der Waals surface area contributed by atoms with Gasteiger partial charge < -0.3 is 12.4 Å². The van der Waals surface area contributed by atoms with E-state index in [1.165, 1.54) is 0 Å². The molecular formula is C7H6Cl2Mg. The predicted molar refractivity (Wildman–Crippen MR) is 41.7 cm³/mol. The minimum Gasteiger partial charge on any atom is -1.00 e. The van der Waals surface area contributed by atoms with Gasteiger partial charge in [-0.25, -0.2) is 0 Å². The van der Waals surface area contributed by atoms with Gasteiger partial charge in [0.2, 0.25) is 0 Å². The summed E-state index contributed by atoms with van der Waals surface area (Å²) in [6, 6.07) is 7.50. The fourth-order valence-corrected chi connectivity index (χ4v) is 0.634. The first-order valence-electron chi connectivity index (χ1n) is 2.37. The van der Waals surface area contributed by atoms with Crippen LogP contribution in [0.2, 0.25) is 5.02 Å². The molecule has 10 heavy (non-hydrogen) atoms. The molecule has 50 valence electrons. The summed E-state index contributed by atoms with van der Waals surface area (Å²) in [5.41, 5.74) is 0.883. The van der Waals surface area contributed by atoms with Crippen LogP contribution in [-0.2, 0) is 0 Å². The summed E-state index contributed by atoms with van der Waals surface area (Å²) in [6.07, 6.45) is 0. The van der Waals surface area contributed by atoms with Gasteiger partial charge in [-0.2, -0.15) is 30.2 Å². The van der Waals surface area contributed by atoms with E-state index in [9.17, 15) is 0 Å². The van der Waals surface area contributed by atoms with Gasteiger partial charge in [0.15, 0.2) is 0 Å². The van der Waals surface area contributed by atoms with Gasteiger partial charge in [0.05, 0.1) is 0 Å². The molecule has 0 saturated carbocycles. The zero-order chi connectivity index (χ0) is 5.98. The Labute approximate surface area is 88.5 Å². The second kappa shape index (κ2) is 6.17. The predicted octanol–water partition coefficient (Wildman–Crippen LogP) is -0.855. The van der Waals surface area contributed by atoms with Crippen LogP contribution in [0.25, 0.3) is 0 Å². The normalized spacial score (nSPS) is 7.30. The molecule has 1 rings (SSSR count). The molecule has 0 fully saturated rings. The van der Waals surface area contributed by atoms with Crippen molar-refractivity contribution in [3.05, 3.63) is 41.8 Å². The average molecular weight is 185 g/mol. The third-order valence-corrected chi connectivity index (χ3v) is 1.33. The molecule has 0 saturated heterocycles. The zero-order valence-corrected chi connectivity index (χ0v) is 8.41. The van der Waals surface area contributed by atoms with Crippen molar-refractivity contribution in [2.24, 2.45) is 0 Å². The maximum absolute atomic E-state index is 5.65. The van der Waals surface area contributed by atoms with E-state index in [-0.39, 0.29) is 35.5 Å². The summed E-state index contributed by atoms with van der Waals surface area (Å²) >= 11 is 5.65. The molecule has 0 aliphatic rings. The average Bonchev–Trinajstić information content (AvgIpc) is 1.77. The van der Waals surface area contributed by atoms with Crippen molar-refractivity contribution >= 4 is 34.7 Å². The van der Waals surface area contributed by atoms with Crippen LogP contribution in [0.1, 0.15) is 5.56 Å². The summed E-state index contributed by atoms with van der Waals surface area (Å²) < 4.78 is 0. The molecule has 0 amide bonds. The monoisotopic (exact) mass is 184 g/mol. The number of rotatable bonds is 0. The maximum Gasteiger partial charge on any atom is 2.00 e. The Kier molecular flexibility index (Phi) is 8.05. The van der Waals surface area contributed by atoms with Gasteiger partial charge in [-0.3, -0.25) is 0 Å². The second-order valence-corrected chi connectivity index (χ2v) is 2.00. The van der Waals surface area contributed by atoms with Crippen molar-refractivity contribution in [3.63, 3.8) is 0 Å². The third kappa shape index (κ3) is 3.57. The number of hydrogen-bond donors (Lipinski definition) is 0. The van der Waals surface area contributed by atoms with E-state index in [4.69, 9.17) is 11.6 Å². The molecule has 0 spiro atoms. The largest absolute Gasteiger partial charge is 2.00 e. The molecule has 0 heterocycles. The zero-order valence-electron chi connectivity index (χ0n) is 5.48. The molecule has 0 bridgehead atoms. The Bertz CT molecular complexity index is 168. The Balaban J connectivity index is 0. The second-order valence-electron chi connectivity index (χ2n) is 1.59. The van der Waals surface area contributed by atoms with E-state index in [0.29, 0.717) is 0 Å². The van der Waals surface area contributed by atoms with E-state index in [2.05, 4.69) is 6.92 Å². The number of hydrogen-bond acceptors (Lipinski definition) is 0. The molecular weight excluding hydrogens is 179 g/mol. The van der Waals surface area contributed by atoms with Gasteiger partial charge in [-0.15, -0.1) is 12.1 Å². The van der Waals surface area contributed by atoms with E-state index < -0.39 is 0 Å². The minimum absolute atomic E-state index is 0. The molecule has 0 unspecified atom stereocenters. The first-order chi connectivity index (χ1) is 3.80. The van der Waals surface area contributed by atoms with Gasteiger partial charge in [-0.1, -0.05) is 11.1 Å². The first kappa shape index (κ1) is 13.1. The third-order valence-electron chi connectivity index (χ3n) is 0.958. The Hall–Kier alpha value is 0.436. The summed E-state index contributed by atoms with van der Waals surface area (Å²) in [5.74, 6) is 0. The van der Waals surface area contributed by atoms with E-state index in [1.54, 1.807) is 0 Å². The van der Waals surface area contributed by atoms with Crippen LogP contribution in [0.5, 0.6) is 0 Å². The maximum atomic E-state index is 5.65. The van der Waals surface area contributed by atoms with Crippen molar-refractivity contribution in [3.8, 4) is 0 Å². The van der Waals surface area contributed by atoms with Crippen molar-refractivity contribution in [1.29, 1.82) is 0 Å². The molecule has 3 heteroatoms. The molecule has 0 aromatic heterocycles. The molecule has 0 atom stereocenters. The Morgan fingerprint density at radius 2 is 1.70 bits per heavy atom. The molecule has 0 aliphatic heterocycles. The fraction of sp³-hybridized carbons (Fsp3) is 0. The van der Waals surface area contributed by atoms with Gasteiger partial charge in [0.25, 0.3) is 0 Å². The topological polar surface area (TPSA) is 0 Å². The van der Waals surface area contributed by atoms with Crippen molar-refractivity contribution in [2.45, 2.75) is 0 Å². The smallest absolute Gasteiger partial charge is 1.00 e. The summed E-state index contributed by atoms with van der Waals surface area (Å²) in [6.45, 7) is 3.69. The molecule has 0 nitrogen and oxygen atoms in total. The molecule has 0 radical (unpaired) electrons. The summed E-state index contributed by atoms with van der Waals surface area (Å²) in [7, 11) is 0. The van der Waals surface area contributed by atoms with Gasteiger partial charge in [0, 0.05) is 0 Å². The standard InChI is InChI=1S/C7H6Cl.ClH.Mg/c1-6-4-2-3-5-7(6)8;;/h2-5H,1H2;1H;/q-1;;+2/p-1. The molecule has 0 N–H and O–H groups in total. The van der Waals surface area contributed by atoms with Gasteiger partial charge >= 0.3 is 23.1 Å². The Morgan fingerprint density at radius 3 is 2.00 bits per heavy atom. The van der Waals surface area contributed by atoms with Crippen LogP contribution in [0.15, 0.2) is 24.3 Å². The first-order valence-corrected chi connectivity index (χ1v) is 2.75. The summed E-state index contributed by atoms with van der Waals surface area (Å²) in [4.78, 5) is 0. The van der Waals surface area contributed by atoms with Crippen LogP contribution in [0, 0.1) is 6.92 Å². The molecule has 1 aromatic carbocycles. The van der Waals surface area contributed by atoms with E-state index in [0.717, 1.165) is 10.6 Å². The van der Waals surface area contributed by atoms with Crippen LogP contribution in [-0.4, -0.2) is 23.1 Å². The molecule has 0 aliphatic carbocycles. The fourth-order valence-electron chi connectivity index (χ4n) is 0.498. The Morgan fingerprint density at radius 1 is 1.20 bits per heavy atom. The molecule has 1 aromatic rings. The van der Waals surface area contributed by atoms with Crippen LogP contribution >= 0.6 is 11.6 Å². The van der Waals surface area contributed by atoms with E-state index in [1.807, 2.05) is 24.3 Å². The van der Waals surface area contributed by atoms with Crippen LogP contribution in [0.3, 0.4) is 0 Å². The van der Waals surface area contributed by atoms with Gasteiger partial charge in [-0.05, 0) is 0 Å².